The third-order valence-electron chi connectivity index (χ3n) is 10.4. The first kappa shape index (κ1) is 35.8. The molecule has 4 amide bonds. The van der Waals surface area contributed by atoms with E-state index in [4.69, 9.17) is 4.74 Å². The summed E-state index contributed by atoms with van der Waals surface area (Å²) in [5.41, 5.74) is -0.921. The quantitative estimate of drug-likeness (QED) is 0.307. The number of allylic oxidation sites excluding steroid dienone is 1. The molecule has 0 bridgehead atoms. The number of carbonyl (C=O) groups is 4. The lowest BCUT2D eigenvalue weighted by atomic mass is 9.88. The van der Waals surface area contributed by atoms with Gasteiger partial charge in [-0.25, -0.2) is 18.2 Å². The summed E-state index contributed by atoms with van der Waals surface area (Å²) in [7, 11) is -3.99. The highest BCUT2D eigenvalue weighted by Crippen LogP contribution is 2.47. The molecule has 16 heteroatoms. The van der Waals surface area contributed by atoms with Crippen LogP contribution in [0.3, 0.4) is 0 Å². The first-order valence-electron chi connectivity index (χ1n) is 17.0. The molecular formula is C34H44N6O8S2. The number of ether oxygens (including phenoxy) is 1. The predicted octanol–water partition coefficient (Wildman–Crippen LogP) is 3.38. The molecule has 4 N–H and O–H groups in total. The lowest BCUT2D eigenvalue weighted by Crippen LogP contribution is -2.59. The van der Waals surface area contributed by atoms with E-state index in [0.717, 1.165) is 11.3 Å². The van der Waals surface area contributed by atoms with E-state index in [-0.39, 0.29) is 25.3 Å². The number of sulfonamides is 1. The second-order valence-electron chi connectivity index (χ2n) is 14.5. The van der Waals surface area contributed by atoms with Crippen molar-refractivity contribution < 1.29 is 37.4 Å². The fraction of sp³-hybridized carbons (Fsp3) is 0.588. The van der Waals surface area contributed by atoms with Crippen molar-refractivity contribution in [2.75, 3.05) is 6.54 Å². The van der Waals surface area contributed by atoms with Gasteiger partial charge in [0, 0.05) is 35.7 Å². The van der Waals surface area contributed by atoms with Gasteiger partial charge in [0.1, 0.15) is 40.2 Å². The van der Waals surface area contributed by atoms with Gasteiger partial charge in [0.25, 0.3) is 5.91 Å². The minimum Gasteiger partial charge on any atom is -0.488 e. The molecule has 2 aliphatic carbocycles. The molecule has 4 aliphatic rings. The van der Waals surface area contributed by atoms with E-state index in [1.807, 2.05) is 32.9 Å². The van der Waals surface area contributed by atoms with Crippen LogP contribution in [-0.4, -0.2) is 87.2 Å². The highest BCUT2D eigenvalue weighted by atomic mass is 32.2. The predicted molar refractivity (Wildman–Crippen MR) is 185 cm³/mol. The highest BCUT2D eigenvalue weighted by Gasteiger charge is 2.63. The Kier molecular flexibility index (Phi) is 9.72. The minimum atomic E-state index is -3.99. The Morgan fingerprint density at radius 2 is 1.94 bits per heavy atom. The molecule has 6 rings (SSSR count). The molecule has 7 atom stereocenters. The normalized spacial score (nSPS) is 31.6. The number of thiazole rings is 1. The van der Waals surface area contributed by atoms with Gasteiger partial charge in [0.05, 0.1) is 11.3 Å². The van der Waals surface area contributed by atoms with Gasteiger partial charge in [0.2, 0.25) is 21.8 Å². The lowest BCUT2D eigenvalue weighted by Gasteiger charge is -2.32. The van der Waals surface area contributed by atoms with Crippen LogP contribution in [0.1, 0.15) is 70.6 Å². The number of fused-ring (bicyclic) bond motifs is 2. The molecule has 0 spiro atoms. The first-order valence-corrected chi connectivity index (χ1v) is 19.3. The van der Waals surface area contributed by atoms with Crippen LogP contribution in [-0.2, 0) is 24.4 Å². The van der Waals surface area contributed by atoms with Crippen LogP contribution in [0, 0.1) is 24.7 Å². The molecule has 14 nitrogen and oxygen atoms in total. The Morgan fingerprint density at radius 1 is 1.18 bits per heavy atom. The van der Waals surface area contributed by atoms with Crippen molar-refractivity contribution in [1.29, 1.82) is 0 Å². The molecule has 0 unspecified atom stereocenters. The number of nitrogens with one attached hydrogen (secondary N) is 3. The molecule has 50 heavy (non-hydrogen) atoms. The van der Waals surface area contributed by atoms with Crippen molar-refractivity contribution in [3.63, 3.8) is 0 Å². The van der Waals surface area contributed by atoms with Crippen molar-refractivity contribution in [2.45, 2.75) is 101 Å². The number of carboxylic acid groups (broad SMARTS) is 1. The second-order valence-corrected chi connectivity index (χ2v) is 18.0. The van der Waals surface area contributed by atoms with E-state index in [1.165, 1.54) is 16.2 Å². The Labute approximate surface area is 295 Å². The van der Waals surface area contributed by atoms with Gasteiger partial charge in [-0.2, -0.15) is 0 Å². The van der Waals surface area contributed by atoms with E-state index in [9.17, 15) is 32.7 Å². The van der Waals surface area contributed by atoms with Crippen LogP contribution < -0.4 is 20.1 Å². The van der Waals surface area contributed by atoms with Gasteiger partial charge >= 0.3 is 6.09 Å². The summed E-state index contributed by atoms with van der Waals surface area (Å²) in [5, 5.41) is 15.7. The van der Waals surface area contributed by atoms with Crippen molar-refractivity contribution >= 4 is 45.2 Å². The van der Waals surface area contributed by atoms with Crippen LogP contribution >= 0.6 is 11.3 Å². The fourth-order valence-corrected chi connectivity index (χ4v) is 9.04. The topological polar surface area (TPSA) is 197 Å². The first-order chi connectivity index (χ1) is 23.6. The summed E-state index contributed by atoms with van der Waals surface area (Å²) in [4.78, 5) is 65.3. The van der Waals surface area contributed by atoms with Crippen LogP contribution in [0.5, 0.6) is 5.75 Å². The molecule has 270 valence electrons. The SMILES string of the molecule is Cc1cnc(-c2cc(O[C@@H]3C[C@H]4C(=O)N[C@]5(C(=O)NS(=O)(=O)C6(C)CC6)C[C@H]5/C=C\CC[C@@H](C)C[C@@H](C)[C@H](NC(=O)O)C(=O)N4C3)ccn2)s1. The maximum Gasteiger partial charge on any atom is 0.405 e. The summed E-state index contributed by atoms with van der Waals surface area (Å²) in [5.74, 6) is -2.29. The van der Waals surface area contributed by atoms with Gasteiger partial charge in [-0.3, -0.25) is 24.1 Å². The molecule has 3 fully saturated rings. The number of rotatable bonds is 7. The molecule has 2 aromatic rings. The largest absolute Gasteiger partial charge is 0.488 e. The number of hydrogen-bond donors (Lipinski definition) is 4. The average molecular weight is 729 g/mol. The average Bonchev–Trinajstić information content (AvgIpc) is 3.85. The van der Waals surface area contributed by atoms with Crippen molar-refractivity contribution in [1.82, 2.24) is 30.2 Å². The van der Waals surface area contributed by atoms with Crippen LogP contribution in [0.4, 0.5) is 4.79 Å². The number of carbonyl (C=O) groups excluding carboxylic acids is 3. The maximum absolute atomic E-state index is 14.3. The fourth-order valence-electron chi connectivity index (χ4n) is 7.00. The lowest BCUT2D eigenvalue weighted by molar-refractivity contribution is -0.142. The third-order valence-corrected chi connectivity index (χ3v) is 13.5. The van der Waals surface area contributed by atoms with Crippen molar-refractivity contribution in [2.24, 2.45) is 17.8 Å². The van der Waals surface area contributed by atoms with Gasteiger partial charge in [0.15, 0.2) is 0 Å². The number of pyridine rings is 1. The summed E-state index contributed by atoms with van der Waals surface area (Å²) in [6.45, 7) is 7.34. The zero-order chi connectivity index (χ0) is 36.0. The van der Waals surface area contributed by atoms with E-state index >= 15 is 0 Å². The van der Waals surface area contributed by atoms with Gasteiger partial charge in [-0.05, 0) is 70.3 Å². The monoisotopic (exact) mass is 728 g/mol. The van der Waals surface area contributed by atoms with E-state index in [1.54, 1.807) is 31.5 Å². The number of hydrogen-bond acceptors (Lipinski definition) is 10. The molecule has 2 saturated carbocycles. The Morgan fingerprint density at radius 3 is 2.62 bits per heavy atom. The third kappa shape index (κ3) is 7.36. The standard InChI is InChI=1S/C34H44N6O8S2/c1-19-7-5-6-8-22-16-34(22,31(43)39-50(46,47)33(4)10-11-33)38-28(41)26-15-24(18-40(26)30(42)27(20(2)13-19)37-32(44)45)48-23-9-12-35-25(14-23)29-36-17-21(3)49-29/h6,8-9,12,14,17,19-20,22,24,26-27,37H,5,7,10-11,13,15-16,18H2,1-4H3,(H,38,41)(H,39,43)(H,44,45)/b8-6-/t19-,20-,22-,24-,26+,27+,34-/m1/s1. The second kappa shape index (κ2) is 13.6. The molecule has 4 heterocycles. The van der Waals surface area contributed by atoms with E-state index in [2.05, 4.69) is 25.3 Å². The molecule has 0 radical (unpaired) electrons. The zero-order valence-corrected chi connectivity index (χ0v) is 30.2. The Hall–Kier alpha value is -4.05. The molecule has 2 aromatic heterocycles. The smallest absolute Gasteiger partial charge is 0.405 e. The van der Waals surface area contributed by atoms with Gasteiger partial charge in [-0.15, -0.1) is 11.3 Å². The van der Waals surface area contributed by atoms with E-state index in [0.29, 0.717) is 42.1 Å². The van der Waals surface area contributed by atoms with Crippen molar-refractivity contribution in [3.8, 4) is 16.5 Å². The van der Waals surface area contributed by atoms with E-state index < -0.39 is 74.1 Å². The highest BCUT2D eigenvalue weighted by molar-refractivity contribution is 7.91. The number of aromatic nitrogens is 2. The van der Waals surface area contributed by atoms with Crippen molar-refractivity contribution in [3.05, 3.63) is 41.6 Å². The van der Waals surface area contributed by atoms with Gasteiger partial charge < -0.3 is 25.4 Å². The zero-order valence-electron chi connectivity index (χ0n) is 28.5. The summed E-state index contributed by atoms with van der Waals surface area (Å²) in [6, 6.07) is 1.13. The maximum atomic E-state index is 14.3. The number of amides is 4. The summed E-state index contributed by atoms with van der Waals surface area (Å²) >= 11 is 1.48. The van der Waals surface area contributed by atoms with Crippen LogP contribution in [0.2, 0.25) is 0 Å². The van der Waals surface area contributed by atoms with Crippen LogP contribution in [0.25, 0.3) is 10.7 Å². The number of aryl methyl sites for hydroxylation is 1. The molecule has 2 aliphatic heterocycles. The molecular weight excluding hydrogens is 685 g/mol. The van der Waals surface area contributed by atoms with Gasteiger partial charge in [-0.1, -0.05) is 26.0 Å². The van der Waals surface area contributed by atoms with Crippen LogP contribution in [0.15, 0.2) is 36.7 Å². The Balaban J connectivity index is 1.31. The molecule has 1 saturated heterocycles. The molecule has 0 aromatic carbocycles. The Bertz CT molecular complexity index is 1810. The summed E-state index contributed by atoms with van der Waals surface area (Å²) < 4.78 is 33.7. The minimum absolute atomic E-state index is 0.0275. The number of nitrogens with zero attached hydrogens (tertiary/aromatic N) is 3. The summed E-state index contributed by atoms with van der Waals surface area (Å²) in [6.07, 6.45) is 8.16.